The van der Waals surface area contributed by atoms with Crippen LogP contribution in [0, 0.1) is 6.92 Å². The SMILES string of the molecule is Cc1nn(C(=O)c2ccccc2)c2c1nnc1ncccc12. The largest absolute Gasteiger partial charge is 0.278 e. The molecule has 0 atom stereocenters. The Morgan fingerprint density at radius 2 is 1.86 bits per heavy atom. The molecule has 0 saturated carbocycles. The van der Waals surface area contributed by atoms with E-state index in [4.69, 9.17) is 0 Å². The summed E-state index contributed by atoms with van der Waals surface area (Å²) in [4.78, 5) is 16.9. The molecule has 0 spiro atoms. The van der Waals surface area contributed by atoms with Gasteiger partial charge in [-0.1, -0.05) is 18.2 Å². The zero-order valence-electron chi connectivity index (χ0n) is 11.8. The van der Waals surface area contributed by atoms with E-state index in [0.717, 1.165) is 5.39 Å². The molecular formula is C16H11N5O. The minimum Gasteiger partial charge on any atom is -0.267 e. The third-order valence-electron chi connectivity index (χ3n) is 3.53. The van der Waals surface area contributed by atoms with Crippen molar-refractivity contribution in [1.29, 1.82) is 0 Å². The lowest BCUT2D eigenvalue weighted by Gasteiger charge is -2.03. The van der Waals surface area contributed by atoms with Gasteiger partial charge in [0.25, 0.3) is 5.91 Å². The summed E-state index contributed by atoms with van der Waals surface area (Å²) in [6.07, 6.45) is 1.65. The van der Waals surface area contributed by atoms with Crippen LogP contribution in [0.2, 0.25) is 0 Å². The number of hydrogen-bond donors (Lipinski definition) is 0. The highest BCUT2D eigenvalue weighted by Crippen LogP contribution is 2.23. The van der Waals surface area contributed by atoms with E-state index in [-0.39, 0.29) is 5.91 Å². The second-order valence-electron chi connectivity index (χ2n) is 4.94. The molecule has 0 bridgehead atoms. The van der Waals surface area contributed by atoms with Crippen LogP contribution < -0.4 is 0 Å². The van der Waals surface area contributed by atoms with Gasteiger partial charge in [-0.25, -0.2) is 4.98 Å². The topological polar surface area (TPSA) is 73.6 Å². The van der Waals surface area contributed by atoms with Gasteiger partial charge in [-0.15, -0.1) is 10.2 Å². The molecule has 0 aliphatic rings. The van der Waals surface area contributed by atoms with Crippen LogP contribution in [0.1, 0.15) is 16.1 Å². The van der Waals surface area contributed by atoms with E-state index in [1.165, 1.54) is 4.68 Å². The fourth-order valence-electron chi connectivity index (χ4n) is 2.49. The van der Waals surface area contributed by atoms with Gasteiger partial charge in [0, 0.05) is 17.1 Å². The predicted octanol–water partition coefficient (Wildman–Crippen LogP) is 2.37. The standard InChI is InChI=1S/C16H11N5O/c1-10-13-14(12-8-5-9-17-15(12)19-18-13)21(20-10)16(22)11-6-3-2-4-7-11/h2-9H,1H3. The average Bonchev–Trinajstić information content (AvgIpc) is 2.92. The first-order valence-electron chi connectivity index (χ1n) is 6.82. The van der Waals surface area contributed by atoms with Gasteiger partial charge in [0.1, 0.15) is 11.0 Å². The van der Waals surface area contributed by atoms with Crippen LogP contribution in [-0.2, 0) is 0 Å². The first-order valence-corrected chi connectivity index (χ1v) is 6.82. The van der Waals surface area contributed by atoms with Crippen LogP contribution in [0.25, 0.3) is 22.1 Å². The van der Waals surface area contributed by atoms with Gasteiger partial charge in [-0.3, -0.25) is 4.79 Å². The van der Waals surface area contributed by atoms with E-state index < -0.39 is 0 Å². The van der Waals surface area contributed by atoms with Gasteiger partial charge in [0.15, 0.2) is 5.65 Å². The number of pyridine rings is 1. The van der Waals surface area contributed by atoms with Crippen molar-refractivity contribution in [2.45, 2.75) is 6.92 Å². The van der Waals surface area contributed by atoms with Crippen LogP contribution in [0.4, 0.5) is 0 Å². The lowest BCUT2D eigenvalue weighted by atomic mass is 10.2. The Labute approximate surface area is 125 Å². The molecule has 6 heteroatoms. The van der Waals surface area contributed by atoms with Crippen LogP contribution in [0.5, 0.6) is 0 Å². The highest BCUT2D eigenvalue weighted by molar-refractivity contribution is 6.08. The van der Waals surface area contributed by atoms with E-state index in [9.17, 15) is 4.79 Å². The minimum absolute atomic E-state index is 0.197. The Morgan fingerprint density at radius 3 is 2.68 bits per heavy atom. The molecule has 3 aromatic heterocycles. The summed E-state index contributed by atoms with van der Waals surface area (Å²) in [6, 6.07) is 12.7. The molecule has 106 valence electrons. The molecule has 4 rings (SSSR count). The Kier molecular flexibility index (Phi) is 2.69. The molecule has 6 nitrogen and oxygen atoms in total. The molecule has 22 heavy (non-hydrogen) atoms. The number of carbonyl (C=O) groups is 1. The number of carbonyl (C=O) groups excluding carboxylic acids is 1. The van der Waals surface area contributed by atoms with Crippen molar-refractivity contribution in [3.05, 3.63) is 59.9 Å². The minimum atomic E-state index is -0.197. The maximum absolute atomic E-state index is 12.7. The first kappa shape index (κ1) is 12.6. The summed E-state index contributed by atoms with van der Waals surface area (Å²) in [6.45, 7) is 1.81. The Morgan fingerprint density at radius 1 is 1.05 bits per heavy atom. The zero-order valence-corrected chi connectivity index (χ0v) is 11.8. The lowest BCUT2D eigenvalue weighted by Crippen LogP contribution is -2.13. The molecule has 0 radical (unpaired) electrons. The molecule has 0 unspecified atom stereocenters. The maximum Gasteiger partial charge on any atom is 0.278 e. The Balaban J connectivity index is 2.06. The van der Waals surface area contributed by atoms with E-state index in [2.05, 4.69) is 20.3 Å². The zero-order chi connectivity index (χ0) is 15.1. The summed E-state index contributed by atoms with van der Waals surface area (Å²) < 4.78 is 1.39. The number of aromatic nitrogens is 5. The van der Waals surface area contributed by atoms with Gasteiger partial charge >= 0.3 is 0 Å². The number of aryl methyl sites for hydroxylation is 1. The molecule has 0 aliphatic carbocycles. The molecule has 0 amide bonds. The molecule has 4 aromatic rings. The highest BCUT2D eigenvalue weighted by Gasteiger charge is 2.19. The summed E-state index contributed by atoms with van der Waals surface area (Å²) in [7, 11) is 0. The molecule has 0 N–H and O–H groups in total. The number of hydrogen-bond acceptors (Lipinski definition) is 5. The molecular weight excluding hydrogens is 278 g/mol. The quantitative estimate of drug-likeness (QED) is 0.538. The molecule has 3 heterocycles. The summed E-state index contributed by atoms with van der Waals surface area (Å²) >= 11 is 0. The summed E-state index contributed by atoms with van der Waals surface area (Å²) in [5.41, 5.74) is 2.99. The van der Waals surface area contributed by atoms with E-state index >= 15 is 0 Å². The summed E-state index contributed by atoms with van der Waals surface area (Å²) in [5, 5.41) is 13.4. The number of rotatable bonds is 1. The van der Waals surface area contributed by atoms with Crippen molar-refractivity contribution < 1.29 is 4.79 Å². The van der Waals surface area contributed by atoms with Crippen molar-refractivity contribution in [2.75, 3.05) is 0 Å². The Hall–Kier alpha value is -3.15. The second kappa shape index (κ2) is 4.70. The third-order valence-corrected chi connectivity index (χ3v) is 3.53. The van der Waals surface area contributed by atoms with Crippen molar-refractivity contribution in [1.82, 2.24) is 25.0 Å². The smallest absolute Gasteiger partial charge is 0.267 e. The first-order chi connectivity index (χ1) is 10.8. The number of fused-ring (bicyclic) bond motifs is 3. The fraction of sp³-hybridized carbons (Fsp3) is 0.0625. The van der Waals surface area contributed by atoms with E-state index in [1.54, 1.807) is 18.3 Å². The van der Waals surface area contributed by atoms with Gasteiger partial charge in [-0.05, 0) is 31.2 Å². The van der Waals surface area contributed by atoms with Gasteiger partial charge in [0.2, 0.25) is 0 Å². The predicted molar refractivity (Wildman–Crippen MR) is 81.5 cm³/mol. The fourth-order valence-corrected chi connectivity index (χ4v) is 2.49. The molecule has 0 aliphatic heterocycles. The second-order valence-corrected chi connectivity index (χ2v) is 4.94. The van der Waals surface area contributed by atoms with E-state index in [1.807, 2.05) is 37.3 Å². The normalized spacial score (nSPS) is 11.1. The summed E-state index contributed by atoms with van der Waals surface area (Å²) in [5.74, 6) is -0.197. The van der Waals surface area contributed by atoms with Gasteiger partial charge in [-0.2, -0.15) is 9.78 Å². The van der Waals surface area contributed by atoms with Crippen molar-refractivity contribution in [3.8, 4) is 0 Å². The van der Waals surface area contributed by atoms with Gasteiger partial charge < -0.3 is 0 Å². The molecule has 1 aromatic carbocycles. The Bertz CT molecular complexity index is 1010. The van der Waals surface area contributed by atoms with Crippen LogP contribution >= 0.6 is 0 Å². The van der Waals surface area contributed by atoms with Crippen LogP contribution in [-0.4, -0.2) is 30.9 Å². The molecule has 0 saturated heterocycles. The monoisotopic (exact) mass is 289 g/mol. The molecule has 0 fully saturated rings. The van der Waals surface area contributed by atoms with Crippen molar-refractivity contribution >= 4 is 28.0 Å². The van der Waals surface area contributed by atoms with Gasteiger partial charge in [0.05, 0.1) is 5.69 Å². The number of benzene rings is 1. The number of nitrogens with zero attached hydrogens (tertiary/aromatic N) is 5. The third kappa shape index (κ3) is 1.77. The van der Waals surface area contributed by atoms with Crippen LogP contribution in [0.15, 0.2) is 48.7 Å². The van der Waals surface area contributed by atoms with E-state index in [0.29, 0.717) is 27.9 Å². The highest BCUT2D eigenvalue weighted by atomic mass is 16.2. The van der Waals surface area contributed by atoms with Crippen molar-refractivity contribution in [3.63, 3.8) is 0 Å². The van der Waals surface area contributed by atoms with Crippen LogP contribution in [0.3, 0.4) is 0 Å². The lowest BCUT2D eigenvalue weighted by molar-refractivity contribution is 0.0950. The van der Waals surface area contributed by atoms with Crippen molar-refractivity contribution in [2.24, 2.45) is 0 Å². The maximum atomic E-state index is 12.7. The average molecular weight is 289 g/mol.